The quantitative estimate of drug-likeness (QED) is 0.437. The molecule has 6 nitrogen and oxygen atoms in total. The van der Waals surface area contributed by atoms with Gasteiger partial charge in [-0.3, -0.25) is 14.9 Å². The molecule has 0 aliphatic rings. The Bertz CT molecular complexity index is 736. The zero-order valence-electron chi connectivity index (χ0n) is 12.6. The standard InChI is InChI=1S/C16H15Cl2N3O3/c17-12-7-5-11(6-8-12)16(22)20-10-2-9-19-15-13(18)3-1-4-14(15)21(23)24/h1,3-8,19H,2,9-10H2,(H,20,22). The molecule has 2 N–H and O–H groups in total. The molecular formula is C16H15Cl2N3O3. The Kier molecular flexibility index (Phi) is 6.40. The number of anilines is 1. The number of hydrogen-bond donors (Lipinski definition) is 2. The van der Waals surface area contributed by atoms with Gasteiger partial charge in [-0.15, -0.1) is 0 Å². The molecule has 0 bridgehead atoms. The van der Waals surface area contributed by atoms with E-state index in [1.165, 1.54) is 12.1 Å². The van der Waals surface area contributed by atoms with E-state index >= 15 is 0 Å². The number of carbonyl (C=O) groups is 1. The molecular weight excluding hydrogens is 353 g/mol. The van der Waals surface area contributed by atoms with Gasteiger partial charge in [0.2, 0.25) is 0 Å². The van der Waals surface area contributed by atoms with Gasteiger partial charge in [0.1, 0.15) is 5.69 Å². The number of nitro groups is 1. The molecule has 2 aromatic carbocycles. The fourth-order valence-electron chi connectivity index (χ4n) is 2.05. The van der Waals surface area contributed by atoms with Crippen LogP contribution in [0.4, 0.5) is 11.4 Å². The van der Waals surface area contributed by atoms with E-state index in [0.29, 0.717) is 30.1 Å². The van der Waals surface area contributed by atoms with Crippen molar-refractivity contribution in [1.82, 2.24) is 5.32 Å². The third-order valence-electron chi connectivity index (χ3n) is 3.24. The smallest absolute Gasteiger partial charge is 0.293 e. The summed E-state index contributed by atoms with van der Waals surface area (Å²) in [5.74, 6) is -0.199. The van der Waals surface area contributed by atoms with E-state index < -0.39 is 4.92 Å². The Morgan fingerprint density at radius 1 is 1.08 bits per heavy atom. The monoisotopic (exact) mass is 367 g/mol. The summed E-state index contributed by atoms with van der Waals surface area (Å²) in [6, 6.07) is 11.1. The van der Waals surface area contributed by atoms with Crippen molar-refractivity contribution in [3.05, 3.63) is 68.2 Å². The first kappa shape index (κ1) is 18.0. The highest BCUT2D eigenvalue weighted by Crippen LogP contribution is 2.31. The lowest BCUT2D eigenvalue weighted by molar-refractivity contribution is -0.383. The molecule has 0 radical (unpaired) electrons. The molecule has 8 heteroatoms. The minimum absolute atomic E-state index is 0.0762. The van der Waals surface area contributed by atoms with Crippen molar-refractivity contribution < 1.29 is 9.72 Å². The number of nitrogens with one attached hydrogen (secondary N) is 2. The van der Waals surface area contributed by atoms with Gasteiger partial charge in [0.15, 0.2) is 0 Å². The van der Waals surface area contributed by atoms with Gasteiger partial charge >= 0.3 is 0 Å². The van der Waals surface area contributed by atoms with Crippen molar-refractivity contribution in [3.8, 4) is 0 Å². The molecule has 1 amide bonds. The number of nitro benzene ring substituents is 1. The zero-order valence-corrected chi connectivity index (χ0v) is 14.1. The largest absolute Gasteiger partial charge is 0.378 e. The number of amides is 1. The highest BCUT2D eigenvalue weighted by Gasteiger charge is 2.15. The van der Waals surface area contributed by atoms with Crippen molar-refractivity contribution in [2.24, 2.45) is 0 Å². The maximum Gasteiger partial charge on any atom is 0.293 e. The van der Waals surface area contributed by atoms with Crippen LogP contribution in [-0.2, 0) is 0 Å². The lowest BCUT2D eigenvalue weighted by Crippen LogP contribution is -2.25. The maximum absolute atomic E-state index is 11.9. The molecule has 126 valence electrons. The Morgan fingerprint density at radius 3 is 2.46 bits per heavy atom. The Balaban J connectivity index is 1.80. The van der Waals surface area contributed by atoms with Crippen LogP contribution in [0.25, 0.3) is 0 Å². The lowest BCUT2D eigenvalue weighted by atomic mass is 10.2. The Morgan fingerprint density at radius 2 is 1.79 bits per heavy atom. The summed E-state index contributed by atoms with van der Waals surface area (Å²) in [6.45, 7) is 0.859. The van der Waals surface area contributed by atoms with Crippen LogP contribution in [0.5, 0.6) is 0 Å². The SMILES string of the molecule is O=C(NCCCNc1c(Cl)cccc1[N+](=O)[O-])c1ccc(Cl)cc1. The van der Waals surface area contributed by atoms with Gasteiger partial charge in [0.05, 0.1) is 9.95 Å². The molecule has 0 fully saturated rings. The topological polar surface area (TPSA) is 84.3 Å². The van der Waals surface area contributed by atoms with Gasteiger partial charge in [-0.25, -0.2) is 0 Å². The number of nitrogens with zero attached hydrogens (tertiary/aromatic N) is 1. The maximum atomic E-state index is 11.9. The first-order valence-electron chi connectivity index (χ1n) is 7.19. The number of para-hydroxylation sites is 1. The molecule has 24 heavy (non-hydrogen) atoms. The van der Waals surface area contributed by atoms with Gasteiger partial charge in [-0.1, -0.05) is 29.3 Å². The van der Waals surface area contributed by atoms with Crippen LogP contribution in [0.15, 0.2) is 42.5 Å². The van der Waals surface area contributed by atoms with Crippen LogP contribution in [0.1, 0.15) is 16.8 Å². The summed E-state index contributed by atoms with van der Waals surface area (Å²) >= 11 is 11.8. The van der Waals surface area contributed by atoms with Crippen molar-refractivity contribution in [3.63, 3.8) is 0 Å². The second-order valence-corrected chi connectivity index (χ2v) is 5.78. The average Bonchev–Trinajstić information content (AvgIpc) is 2.56. The van der Waals surface area contributed by atoms with E-state index in [1.54, 1.807) is 30.3 Å². The van der Waals surface area contributed by atoms with Gasteiger partial charge < -0.3 is 10.6 Å². The van der Waals surface area contributed by atoms with E-state index in [-0.39, 0.29) is 22.3 Å². The first-order chi connectivity index (χ1) is 11.5. The molecule has 0 aromatic heterocycles. The van der Waals surface area contributed by atoms with Crippen molar-refractivity contribution >= 4 is 40.5 Å². The first-order valence-corrected chi connectivity index (χ1v) is 7.95. The fraction of sp³-hybridized carbons (Fsp3) is 0.188. The molecule has 2 rings (SSSR count). The summed E-state index contributed by atoms with van der Waals surface area (Å²) in [7, 11) is 0. The molecule has 0 unspecified atom stereocenters. The minimum atomic E-state index is -0.490. The van der Waals surface area contributed by atoms with Gasteiger partial charge in [0, 0.05) is 29.7 Å². The van der Waals surface area contributed by atoms with Crippen LogP contribution in [0.2, 0.25) is 10.0 Å². The average molecular weight is 368 g/mol. The van der Waals surface area contributed by atoms with E-state index in [2.05, 4.69) is 10.6 Å². The molecule has 0 saturated heterocycles. The molecule has 2 aromatic rings. The summed E-state index contributed by atoms with van der Waals surface area (Å²) in [4.78, 5) is 22.4. The molecule has 0 spiro atoms. The summed E-state index contributed by atoms with van der Waals surface area (Å²) in [5.41, 5.74) is 0.731. The number of rotatable bonds is 7. The summed E-state index contributed by atoms with van der Waals surface area (Å²) in [5, 5.41) is 17.5. The summed E-state index contributed by atoms with van der Waals surface area (Å²) < 4.78 is 0. The highest BCUT2D eigenvalue weighted by atomic mass is 35.5. The van der Waals surface area contributed by atoms with Gasteiger partial charge in [0.25, 0.3) is 11.6 Å². The third-order valence-corrected chi connectivity index (χ3v) is 3.80. The van der Waals surface area contributed by atoms with Crippen LogP contribution in [0.3, 0.4) is 0 Å². The van der Waals surface area contributed by atoms with E-state index in [4.69, 9.17) is 23.2 Å². The lowest BCUT2D eigenvalue weighted by Gasteiger charge is -2.09. The van der Waals surface area contributed by atoms with E-state index in [1.807, 2.05) is 0 Å². The second kappa shape index (κ2) is 8.52. The predicted octanol–water partition coefficient (Wildman–Crippen LogP) is 4.13. The van der Waals surface area contributed by atoms with E-state index in [9.17, 15) is 14.9 Å². The summed E-state index contributed by atoms with van der Waals surface area (Å²) in [6.07, 6.45) is 0.585. The molecule has 0 aliphatic heterocycles. The minimum Gasteiger partial charge on any atom is -0.378 e. The fourth-order valence-corrected chi connectivity index (χ4v) is 2.41. The van der Waals surface area contributed by atoms with Crippen molar-refractivity contribution in [2.45, 2.75) is 6.42 Å². The molecule has 0 saturated carbocycles. The van der Waals surface area contributed by atoms with Crippen LogP contribution in [-0.4, -0.2) is 23.9 Å². The molecule has 0 heterocycles. The number of carbonyl (C=O) groups excluding carboxylic acids is 1. The Hall–Kier alpha value is -2.31. The van der Waals surface area contributed by atoms with Gasteiger partial charge in [-0.05, 0) is 36.8 Å². The number of halogens is 2. The van der Waals surface area contributed by atoms with Crippen molar-refractivity contribution in [1.29, 1.82) is 0 Å². The van der Waals surface area contributed by atoms with Crippen LogP contribution < -0.4 is 10.6 Å². The third kappa shape index (κ3) is 4.84. The predicted molar refractivity (Wildman–Crippen MR) is 95.0 cm³/mol. The number of hydrogen-bond acceptors (Lipinski definition) is 4. The van der Waals surface area contributed by atoms with Crippen molar-refractivity contribution in [2.75, 3.05) is 18.4 Å². The second-order valence-electron chi connectivity index (χ2n) is 4.93. The van der Waals surface area contributed by atoms with Crippen LogP contribution in [0, 0.1) is 10.1 Å². The van der Waals surface area contributed by atoms with E-state index in [0.717, 1.165) is 0 Å². The highest BCUT2D eigenvalue weighted by molar-refractivity contribution is 6.33. The normalized spacial score (nSPS) is 10.2. The molecule has 0 atom stereocenters. The van der Waals surface area contributed by atoms with Crippen LogP contribution >= 0.6 is 23.2 Å². The Labute approximate surface area is 148 Å². The number of benzene rings is 2. The zero-order chi connectivity index (χ0) is 17.5. The van der Waals surface area contributed by atoms with Gasteiger partial charge in [-0.2, -0.15) is 0 Å². The molecule has 0 aliphatic carbocycles.